The number of aliphatic hydroxyl groups excluding tert-OH is 2. The summed E-state index contributed by atoms with van der Waals surface area (Å²) in [5.41, 5.74) is 10.9. The Morgan fingerprint density at radius 1 is 1.47 bits per heavy atom. The molecule has 2 rings (SSSR count). The van der Waals surface area contributed by atoms with Crippen LogP contribution in [0, 0.1) is 0 Å². The first-order chi connectivity index (χ1) is 7.93. The summed E-state index contributed by atoms with van der Waals surface area (Å²) in [6, 6.07) is -0.862. The minimum Gasteiger partial charge on any atom is -0.388 e. The number of aliphatic imine (C=N–C) groups is 1. The van der Waals surface area contributed by atoms with Crippen molar-refractivity contribution in [2.45, 2.75) is 43.7 Å². The Balaban J connectivity index is 2.11. The predicted octanol–water partition coefficient (Wildman–Crippen LogP) is -3.06. The molecule has 0 aromatic rings. The zero-order chi connectivity index (χ0) is 12.7. The molecule has 0 bridgehead atoms. The van der Waals surface area contributed by atoms with E-state index in [0.717, 1.165) is 0 Å². The molecule has 3 unspecified atom stereocenters. The van der Waals surface area contributed by atoms with Gasteiger partial charge in [0, 0.05) is 0 Å². The second-order valence-corrected chi connectivity index (χ2v) is 4.26. The summed E-state index contributed by atoms with van der Waals surface area (Å²) in [7, 11) is 0. The number of ether oxygens (including phenoxy) is 1. The molecular weight excluding hydrogens is 228 g/mol. The Morgan fingerprint density at radius 3 is 2.53 bits per heavy atom. The molecule has 2 heterocycles. The fourth-order valence-electron chi connectivity index (χ4n) is 2.03. The highest BCUT2D eigenvalue weighted by Crippen LogP contribution is 2.26. The topological polar surface area (TPSA) is 134 Å². The van der Waals surface area contributed by atoms with Gasteiger partial charge in [0.1, 0.15) is 18.4 Å². The fraction of sp³-hybridized carbons (Fsp3) is 0.778. The molecule has 0 spiro atoms. The van der Waals surface area contributed by atoms with Gasteiger partial charge in [-0.2, -0.15) is 0 Å². The standard InChI is InChI=1S/C9H16N4O4/c1-3-5(14)6(15)9(17-3)13-2-12-4(7(13)10)8(11)16/h2-7,9,14-15H,10H2,1H3,(H2,11,16)/t3-,4?,5-,6-,7?,9?/m1/s1. The van der Waals surface area contributed by atoms with Crippen molar-refractivity contribution < 1.29 is 19.7 Å². The fourth-order valence-corrected chi connectivity index (χ4v) is 2.03. The lowest BCUT2D eigenvalue weighted by atomic mass is 10.1. The molecule has 8 nitrogen and oxygen atoms in total. The Labute approximate surface area is 97.8 Å². The molecule has 0 aromatic carbocycles. The first-order valence-corrected chi connectivity index (χ1v) is 5.30. The van der Waals surface area contributed by atoms with Crippen molar-refractivity contribution in [1.82, 2.24) is 4.90 Å². The molecule has 0 saturated carbocycles. The van der Waals surface area contributed by atoms with Crippen LogP contribution in [0.1, 0.15) is 6.92 Å². The van der Waals surface area contributed by atoms with Gasteiger partial charge < -0.3 is 31.3 Å². The third-order valence-corrected chi connectivity index (χ3v) is 3.09. The predicted molar refractivity (Wildman–Crippen MR) is 57.6 cm³/mol. The van der Waals surface area contributed by atoms with E-state index in [2.05, 4.69) is 4.99 Å². The van der Waals surface area contributed by atoms with E-state index in [1.807, 2.05) is 0 Å². The van der Waals surface area contributed by atoms with Gasteiger partial charge >= 0.3 is 0 Å². The van der Waals surface area contributed by atoms with Gasteiger partial charge in [-0.15, -0.1) is 0 Å². The number of primary amides is 1. The molecule has 6 atom stereocenters. The third kappa shape index (κ3) is 1.89. The number of nitrogens with zero attached hydrogens (tertiary/aromatic N) is 2. The van der Waals surface area contributed by atoms with E-state index in [0.29, 0.717) is 0 Å². The third-order valence-electron chi connectivity index (χ3n) is 3.09. The van der Waals surface area contributed by atoms with Crippen molar-refractivity contribution in [1.29, 1.82) is 0 Å². The average Bonchev–Trinajstić information content (AvgIpc) is 2.75. The molecule has 0 aromatic heterocycles. The average molecular weight is 244 g/mol. The van der Waals surface area contributed by atoms with Crippen LogP contribution in [-0.4, -0.2) is 64.1 Å². The molecule has 2 aliphatic rings. The minimum absolute atomic E-state index is 0.511. The summed E-state index contributed by atoms with van der Waals surface area (Å²) >= 11 is 0. The molecule has 17 heavy (non-hydrogen) atoms. The zero-order valence-corrected chi connectivity index (χ0v) is 9.30. The Bertz CT molecular complexity index is 350. The lowest BCUT2D eigenvalue weighted by Crippen LogP contribution is -2.55. The van der Waals surface area contributed by atoms with Gasteiger partial charge in [0.2, 0.25) is 5.91 Å². The summed E-state index contributed by atoms with van der Waals surface area (Å²) < 4.78 is 5.37. The minimum atomic E-state index is -1.10. The van der Waals surface area contributed by atoms with Crippen LogP contribution in [0.5, 0.6) is 0 Å². The first-order valence-electron chi connectivity index (χ1n) is 5.30. The zero-order valence-electron chi connectivity index (χ0n) is 9.30. The van der Waals surface area contributed by atoms with E-state index in [1.165, 1.54) is 11.2 Å². The highest BCUT2D eigenvalue weighted by Gasteiger charge is 2.47. The summed E-state index contributed by atoms with van der Waals surface area (Å²) in [5, 5.41) is 19.4. The van der Waals surface area contributed by atoms with Gasteiger partial charge in [-0.1, -0.05) is 0 Å². The monoisotopic (exact) mass is 244 g/mol. The van der Waals surface area contributed by atoms with E-state index in [9.17, 15) is 15.0 Å². The highest BCUT2D eigenvalue weighted by molar-refractivity contribution is 5.84. The van der Waals surface area contributed by atoms with Gasteiger partial charge in [-0.05, 0) is 6.92 Å². The smallest absolute Gasteiger partial charge is 0.245 e. The number of carbonyl (C=O) groups excluding carboxylic acids is 1. The summed E-state index contributed by atoms with van der Waals surface area (Å²) in [6.45, 7) is 1.64. The Hall–Kier alpha value is -1.22. The normalized spacial score (nSPS) is 45.5. The van der Waals surface area contributed by atoms with Gasteiger partial charge in [0.25, 0.3) is 0 Å². The molecule has 1 fully saturated rings. The van der Waals surface area contributed by atoms with Crippen molar-refractivity contribution in [3.05, 3.63) is 0 Å². The van der Waals surface area contributed by atoms with Crippen molar-refractivity contribution in [2.24, 2.45) is 16.5 Å². The van der Waals surface area contributed by atoms with Crippen LogP contribution in [-0.2, 0) is 9.53 Å². The van der Waals surface area contributed by atoms with Crippen molar-refractivity contribution in [3.8, 4) is 0 Å². The Morgan fingerprint density at radius 2 is 2.12 bits per heavy atom. The molecule has 0 aliphatic carbocycles. The van der Waals surface area contributed by atoms with E-state index in [1.54, 1.807) is 6.92 Å². The molecular formula is C9H16N4O4. The van der Waals surface area contributed by atoms with Crippen LogP contribution in [0.2, 0.25) is 0 Å². The number of hydrogen-bond donors (Lipinski definition) is 4. The number of amides is 1. The van der Waals surface area contributed by atoms with Crippen molar-refractivity contribution in [2.75, 3.05) is 0 Å². The maximum absolute atomic E-state index is 11.0. The van der Waals surface area contributed by atoms with E-state index < -0.39 is 42.7 Å². The SMILES string of the molecule is C[C@H]1OC(N2C=NC(C(N)=O)C2N)[C@H](O)[C@@H]1O. The number of nitrogens with two attached hydrogens (primary N) is 2. The largest absolute Gasteiger partial charge is 0.388 e. The van der Waals surface area contributed by atoms with E-state index in [-0.39, 0.29) is 0 Å². The van der Waals surface area contributed by atoms with Crippen molar-refractivity contribution >= 4 is 12.2 Å². The van der Waals surface area contributed by atoms with Gasteiger partial charge in [0.05, 0.1) is 12.4 Å². The molecule has 96 valence electrons. The second kappa shape index (κ2) is 4.22. The number of rotatable bonds is 2. The van der Waals surface area contributed by atoms with Crippen LogP contribution in [0.15, 0.2) is 4.99 Å². The van der Waals surface area contributed by atoms with Crippen LogP contribution in [0.4, 0.5) is 0 Å². The lowest BCUT2D eigenvalue weighted by Gasteiger charge is -2.30. The Kier molecular flexibility index (Phi) is 3.04. The van der Waals surface area contributed by atoms with Crippen LogP contribution in [0.3, 0.4) is 0 Å². The summed E-state index contributed by atoms with van der Waals surface area (Å²) in [6.07, 6.45) is -2.89. The maximum Gasteiger partial charge on any atom is 0.245 e. The number of carbonyl (C=O) groups is 1. The van der Waals surface area contributed by atoms with Gasteiger partial charge in [-0.25, -0.2) is 0 Å². The molecule has 0 radical (unpaired) electrons. The van der Waals surface area contributed by atoms with E-state index >= 15 is 0 Å². The quantitative estimate of drug-likeness (QED) is 0.407. The summed E-state index contributed by atoms with van der Waals surface area (Å²) in [4.78, 5) is 16.3. The molecule has 1 amide bonds. The van der Waals surface area contributed by atoms with Crippen molar-refractivity contribution in [3.63, 3.8) is 0 Å². The molecule has 8 heteroatoms. The van der Waals surface area contributed by atoms with Gasteiger partial charge in [-0.3, -0.25) is 9.79 Å². The molecule has 1 saturated heterocycles. The molecule has 2 aliphatic heterocycles. The molecule has 6 N–H and O–H groups in total. The first kappa shape index (κ1) is 12.2. The van der Waals surface area contributed by atoms with Crippen LogP contribution in [0.25, 0.3) is 0 Å². The summed E-state index contributed by atoms with van der Waals surface area (Å²) in [5.74, 6) is -0.641. The number of aliphatic hydroxyl groups is 2. The van der Waals surface area contributed by atoms with Crippen LogP contribution < -0.4 is 11.5 Å². The van der Waals surface area contributed by atoms with Gasteiger partial charge in [0.15, 0.2) is 12.3 Å². The van der Waals surface area contributed by atoms with E-state index in [4.69, 9.17) is 16.2 Å². The van der Waals surface area contributed by atoms with Crippen LogP contribution >= 0.6 is 0 Å². The highest BCUT2D eigenvalue weighted by atomic mass is 16.6. The number of hydrogen-bond acceptors (Lipinski definition) is 7. The maximum atomic E-state index is 11.0. The lowest BCUT2D eigenvalue weighted by molar-refractivity contribution is -0.121. The second-order valence-electron chi connectivity index (χ2n) is 4.26.